The van der Waals surface area contributed by atoms with Gasteiger partial charge in [-0.25, -0.2) is 4.79 Å². The van der Waals surface area contributed by atoms with Crippen LogP contribution in [0.3, 0.4) is 0 Å². The average Bonchev–Trinajstić information content (AvgIpc) is 3.22. The topological polar surface area (TPSA) is 83.7 Å². The first-order valence-electron chi connectivity index (χ1n) is 9.13. The van der Waals surface area contributed by atoms with Gasteiger partial charge in [-0.1, -0.05) is 24.3 Å². The highest BCUT2D eigenvalue weighted by Crippen LogP contribution is 2.27. The molecule has 0 spiro atoms. The molecule has 0 unspecified atom stereocenters. The van der Waals surface area contributed by atoms with E-state index in [9.17, 15) is 4.79 Å². The predicted octanol–water partition coefficient (Wildman–Crippen LogP) is 4.77. The van der Waals surface area contributed by atoms with Gasteiger partial charge in [0, 0.05) is 10.9 Å². The predicted molar refractivity (Wildman–Crippen MR) is 112 cm³/mol. The molecule has 6 heteroatoms. The second kappa shape index (κ2) is 7.09. The van der Waals surface area contributed by atoms with Crippen molar-refractivity contribution < 1.29 is 4.74 Å². The number of fused-ring (bicyclic) bond motifs is 1. The fraction of sp³-hybridized carbons (Fsp3) is 0. The van der Waals surface area contributed by atoms with Gasteiger partial charge in [-0.15, -0.1) is 0 Å². The summed E-state index contributed by atoms with van der Waals surface area (Å²) >= 11 is 0. The Kier molecular flexibility index (Phi) is 4.14. The van der Waals surface area contributed by atoms with E-state index in [0.717, 1.165) is 33.5 Å². The lowest BCUT2D eigenvalue weighted by Gasteiger charge is -2.08. The molecule has 0 bridgehead atoms. The van der Waals surface area contributed by atoms with Crippen molar-refractivity contribution >= 4 is 10.9 Å². The maximum absolute atomic E-state index is 12.2. The molecule has 5 rings (SSSR count). The van der Waals surface area contributed by atoms with Crippen LogP contribution >= 0.6 is 0 Å². The first-order valence-corrected chi connectivity index (χ1v) is 9.13. The summed E-state index contributed by atoms with van der Waals surface area (Å²) in [6.45, 7) is 0. The number of benzene rings is 3. The molecule has 0 aliphatic rings. The lowest BCUT2D eigenvalue weighted by molar-refractivity contribution is 0.483. The number of H-pyrrole nitrogens is 2. The zero-order valence-electron chi connectivity index (χ0n) is 15.3. The van der Waals surface area contributed by atoms with Crippen molar-refractivity contribution in [2.24, 2.45) is 0 Å². The van der Waals surface area contributed by atoms with Gasteiger partial charge in [0.1, 0.15) is 11.5 Å². The number of rotatable bonds is 4. The molecule has 0 aliphatic carbocycles. The van der Waals surface area contributed by atoms with Gasteiger partial charge in [-0.05, 0) is 60.2 Å². The second-order valence-corrected chi connectivity index (χ2v) is 6.60. The molecule has 0 aliphatic heterocycles. The zero-order valence-corrected chi connectivity index (χ0v) is 15.3. The molecule has 6 nitrogen and oxygen atoms in total. The number of nitrogens with one attached hydrogen (secondary N) is 2. The highest BCUT2D eigenvalue weighted by atomic mass is 16.5. The Morgan fingerprint density at radius 3 is 2.38 bits per heavy atom. The van der Waals surface area contributed by atoms with Gasteiger partial charge < -0.3 is 9.72 Å². The molecule has 0 saturated carbocycles. The van der Waals surface area contributed by atoms with Crippen molar-refractivity contribution in [3.8, 4) is 34.0 Å². The van der Waals surface area contributed by atoms with Crippen LogP contribution in [0.5, 0.6) is 11.5 Å². The molecule has 0 radical (unpaired) electrons. The smallest absolute Gasteiger partial charge is 0.345 e. The lowest BCUT2D eigenvalue weighted by Crippen LogP contribution is -2.11. The Morgan fingerprint density at radius 2 is 1.55 bits per heavy atom. The molecule has 2 heterocycles. The summed E-state index contributed by atoms with van der Waals surface area (Å²) in [4.78, 5) is 19.1. The molecule has 140 valence electrons. The van der Waals surface area contributed by atoms with Crippen molar-refractivity contribution in [2.45, 2.75) is 0 Å². The van der Waals surface area contributed by atoms with Crippen LogP contribution in [0.15, 0.2) is 89.9 Å². The zero-order chi connectivity index (χ0) is 19.6. The van der Waals surface area contributed by atoms with Gasteiger partial charge in [0.15, 0.2) is 0 Å². The van der Waals surface area contributed by atoms with Crippen LogP contribution in [0.4, 0.5) is 0 Å². The van der Waals surface area contributed by atoms with Crippen molar-refractivity contribution in [2.75, 3.05) is 0 Å². The SMILES string of the molecule is O=c1nc(-c2ccc3[nH]ncc3c2)cc(-c2ccc(Oc3ccccc3)cc2)[nH]1. The summed E-state index contributed by atoms with van der Waals surface area (Å²) in [5, 5.41) is 7.92. The van der Waals surface area contributed by atoms with E-state index in [1.807, 2.05) is 78.9 Å². The summed E-state index contributed by atoms with van der Waals surface area (Å²) in [7, 11) is 0. The Hall–Kier alpha value is -4.19. The number of aromatic amines is 2. The van der Waals surface area contributed by atoms with E-state index in [1.54, 1.807) is 6.20 Å². The Bertz CT molecular complexity index is 1340. The van der Waals surface area contributed by atoms with Gasteiger partial charge in [0.05, 0.1) is 23.1 Å². The monoisotopic (exact) mass is 380 g/mol. The van der Waals surface area contributed by atoms with E-state index in [-0.39, 0.29) is 0 Å². The van der Waals surface area contributed by atoms with Crippen LogP contribution in [0.2, 0.25) is 0 Å². The second-order valence-electron chi connectivity index (χ2n) is 6.60. The number of hydrogen-bond donors (Lipinski definition) is 2. The van der Waals surface area contributed by atoms with Gasteiger partial charge in [0.2, 0.25) is 0 Å². The van der Waals surface area contributed by atoms with Gasteiger partial charge in [-0.2, -0.15) is 10.1 Å². The average molecular weight is 380 g/mol. The van der Waals surface area contributed by atoms with E-state index in [2.05, 4.69) is 20.2 Å². The van der Waals surface area contributed by atoms with Crippen molar-refractivity contribution in [3.05, 3.63) is 95.5 Å². The molecule has 0 atom stereocenters. The quantitative estimate of drug-likeness (QED) is 0.470. The highest BCUT2D eigenvalue weighted by molar-refractivity contribution is 5.83. The van der Waals surface area contributed by atoms with Crippen molar-refractivity contribution in [1.82, 2.24) is 20.2 Å². The minimum atomic E-state index is -0.394. The lowest BCUT2D eigenvalue weighted by atomic mass is 10.1. The third-order valence-electron chi connectivity index (χ3n) is 4.62. The molecule has 2 N–H and O–H groups in total. The van der Waals surface area contributed by atoms with Crippen LogP contribution in [-0.4, -0.2) is 20.2 Å². The number of para-hydroxylation sites is 1. The fourth-order valence-electron chi connectivity index (χ4n) is 3.19. The Labute approximate surface area is 165 Å². The Morgan fingerprint density at radius 1 is 0.793 bits per heavy atom. The number of nitrogens with zero attached hydrogens (tertiary/aromatic N) is 2. The van der Waals surface area contributed by atoms with Crippen LogP contribution in [0, 0.1) is 0 Å². The van der Waals surface area contributed by atoms with Crippen molar-refractivity contribution in [1.29, 1.82) is 0 Å². The summed E-state index contributed by atoms with van der Waals surface area (Å²) in [6.07, 6.45) is 1.75. The Balaban J connectivity index is 1.47. The van der Waals surface area contributed by atoms with Gasteiger partial charge in [-0.3, -0.25) is 5.10 Å². The molecule has 3 aromatic carbocycles. The largest absolute Gasteiger partial charge is 0.457 e. The molecular formula is C23H16N4O2. The van der Waals surface area contributed by atoms with Crippen molar-refractivity contribution in [3.63, 3.8) is 0 Å². The van der Waals surface area contributed by atoms with Gasteiger partial charge >= 0.3 is 5.69 Å². The fourth-order valence-corrected chi connectivity index (χ4v) is 3.19. The van der Waals surface area contributed by atoms with Crippen LogP contribution in [-0.2, 0) is 0 Å². The standard InChI is InChI=1S/C23H16N4O2/c28-23-25-21(13-22(26-23)16-8-11-20-17(12-16)14-24-27-20)15-6-9-19(10-7-15)29-18-4-2-1-3-5-18/h1-14H,(H,24,27)(H,25,26,28). The molecule has 29 heavy (non-hydrogen) atoms. The molecule has 0 fully saturated rings. The number of aromatic nitrogens is 4. The molecule has 5 aromatic rings. The summed E-state index contributed by atoms with van der Waals surface area (Å²) in [5.74, 6) is 1.50. The minimum absolute atomic E-state index is 0.394. The maximum Gasteiger partial charge on any atom is 0.345 e. The van der Waals surface area contributed by atoms with Crippen LogP contribution in [0.1, 0.15) is 0 Å². The molecule has 2 aromatic heterocycles. The van der Waals surface area contributed by atoms with Gasteiger partial charge in [0.25, 0.3) is 0 Å². The van der Waals surface area contributed by atoms with E-state index in [1.165, 1.54) is 0 Å². The van der Waals surface area contributed by atoms with Crippen LogP contribution in [0.25, 0.3) is 33.4 Å². The third-order valence-corrected chi connectivity index (χ3v) is 4.62. The van der Waals surface area contributed by atoms with E-state index < -0.39 is 5.69 Å². The summed E-state index contributed by atoms with van der Waals surface area (Å²) in [6, 6.07) is 24.8. The summed E-state index contributed by atoms with van der Waals surface area (Å²) < 4.78 is 5.83. The molecule has 0 saturated heterocycles. The first kappa shape index (κ1) is 16.9. The molecular weight excluding hydrogens is 364 g/mol. The molecule has 0 amide bonds. The summed E-state index contributed by atoms with van der Waals surface area (Å²) in [5.41, 5.74) is 3.57. The van der Waals surface area contributed by atoms with E-state index in [4.69, 9.17) is 4.74 Å². The number of hydrogen-bond acceptors (Lipinski definition) is 4. The van der Waals surface area contributed by atoms with E-state index >= 15 is 0 Å². The van der Waals surface area contributed by atoms with Crippen LogP contribution < -0.4 is 10.4 Å². The number of ether oxygens (including phenoxy) is 1. The maximum atomic E-state index is 12.2. The highest BCUT2D eigenvalue weighted by Gasteiger charge is 2.08. The normalized spacial score (nSPS) is 10.9. The first-order chi connectivity index (χ1) is 14.2. The van der Waals surface area contributed by atoms with E-state index in [0.29, 0.717) is 11.4 Å². The third kappa shape index (κ3) is 3.51. The minimum Gasteiger partial charge on any atom is -0.457 e.